The van der Waals surface area contributed by atoms with Crippen molar-refractivity contribution in [3.8, 4) is 5.75 Å². The third-order valence-corrected chi connectivity index (χ3v) is 5.03. The van der Waals surface area contributed by atoms with Crippen molar-refractivity contribution < 1.29 is 18.7 Å². The number of morpholine rings is 1. The lowest BCUT2D eigenvalue weighted by molar-refractivity contribution is -0.00539. The number of halogens is 2. The number of carbonyl (C=O) groups excluding carboxylic acids is 1. The topological polar surface area (TPSA) is 54.0 Å². The summed E-state index contributed by atoms with van der Waals surface area (Å²) in [5.74, 6) is 0.266. The second kappa shape index (κ2) is 10.00. The van der Waals surface area contributed by atoms with E-state index in [4.69, 9.17) is 21.1 Å². The van der Waals surface area contributed by atoms with E-state index in [1.54, 1.807) is 43.4 Å². The van der Waals surface area contributed by atoms with Crippen LogP contribution in [0.25, 0.3) is 0 Å². The van der Waals surface area contributed by atoms with Crippen molar-refractivity contribution in [3.05, 3.63) is 53.3 Å². The van der Waals surface area contributed by atoms with Crippen LogP contribution < -0.4 is 15.0 Å². The molecular weight excluding hydrogens is 409 g/mol. The third-order valence-electron chi connectivity index (χ3n) is 4.80. The molecule has 2 atom stereocenters. The molecule has 0 radical (unpaired) electrons. The minimum atomic E-state index is -0.374. The molecule has 6 nitrogen and oxygen atoms in total. The predicted octanol–water partition coefficient (Wildman–Crippen LogP) is 4.64. The SMILES string of the molecule is CC1CN(c2ccc(NC(=O)N(C)CCOc3cccc(Cl)c3)cc2F)CC(C)O1. The molecule has 1 aliphatic heterocycles. The Bertz CT molecular complexity index is 872. The van der Waals surface area contributed by atoms with Crippen LogP contribution in [0.2, 0.25) is 5.02 Å². The van der Waals surface area contributed by atoms with Gasteiger partial charge in [0.2, 0.25) is 0 Å². The first-order valence-corrected chi connectivity index (χ1v) is 10.3. The Morgan fingerprint density at radius 1 is 1.27 bits per heavy atom. The van der Waals surface area contributed by atoms with Gasteiger partial charge in [-0.2, -0.15) is 0 Å². The van der Waals surface area contributed by atoms with Gasteiger partial charge < -0.3 is 24.6 Å². The Kier molecular flexibility index (Phi) is 7.39. The molecule has 0 spiro atoms. The molecular formula is C22H27ClFN3O3. The smallest absolute Gasteiger partial charge is 0.321 e. The maximum Gasteiger partial charge on any atom is 0.321 e. The van der Waals surface area contributed by atoms with E-state index in [2.05, 4.69) is 5.32 Å². The van der Waals surface area contributed by atoms with E-state index in [0.717, 1.165) is 0 Å². The van der Waals surface area contributed by atoms with E-state index < -0.39 is 0 Å². The van der Waals surface area contributed by atoms with Crippen LogP contribution in [0.4, 0.5) is 20.6 Å². The van der Waals surface area contributed by atoms with Crippen LogP contribution in [0.15, 0.2) is 42.5 Å². The highest BCUT2D eigenvalue weighted by Gasteiger charge is 2.24. The molecule has 0 aromatic heterocycles. The summed E-state index contributed by atoms with van der Waals surface area (Å²) in [5.41, 5.74) is 0.913. The van der Waals surface area contributed by atoms with Gasteiger partial charge in [0.15, 0.2) is 0 Å². The van der Waals surface area contributed by atoms with E-state index in [-0.39, 0.29) is 24.1 Å². The number of carbonyl (C=O) groups is 1. The maximum atomic E-state index is 14.7. The largest absolute Gasteiger partial charge is 0.492 e. The van der Waals surface area contributed by atoms with Crippen LogP contribution in [0, 0.1) is 5.82 Å². The Balaban J connectivity index is 1.52. The third kappa shape index (κ3) is 6.00. The number of hydrogen-bond acceptors (Lipinski definition) is 4. The number of nitrogens with zero attached hydrogens (tertiary/aromatic N) is 2. The van der Waals surface area contributed by atoms with Crippen molar-refractivity contribution in [2.45, 2.75) is 26.1 Å². The molecule has 2 amide bonds. The molecule has 1 heterocycles. The predicted molar refractivity (Wildman–Crippen MR) is 117 cm³/mol. The summed E-state index contributed by atoms with van der Waals surface area (Å²) in [6.45, 7) is 5.88. The number of anilines is 2. The quantitative estimate of drug-likeness (QED) is 0.718. The van der Waals surface area contributed by atoms with Crippen LogP contribution in [-0.4, -0.2) is 56.4 Å². The van der Waals surface area contributed by atoms with E-state index in [1.165, 1.54) is 11.0 Å². The van der Waals surface area contributed by atoms with Crippen molar-refractivity contribution in [2.75, 3.05) is 43.5 Å². The highest BCUT2D eigenvalue weighted by molar-refractivity contribution is 6.30. The Morgan fingerprint density at radius 3 is 2.67 bits per heavy atom. The first-order valence-electron chi connectivity index (χ1n) is 9.92. The lowest BCUT2D eigenvalue weighted by atomic mass is 10.2. The minimum Gasteiger partial charge on any atom is -0.492 e. The highest BCUT2D eigenvalue weighted by Crippen LogP contribution is 2.26. The van der Waals surface area contributed by atoms with Crippen molar-refractivity contribution >= 4 is 29.0 Å². The summed E-state index contributed by atoms with van der Waals surface area (Å²) in [6, 6.07) is 11.5. The second-order valence-corrected chi connectivity index (χ2v) is 7.92. The van der Waals surface area contributed by atoms with Gasteiger partial charge in [-0.15, -0.1) is 0 Å². The lowest BCUT2D eigenvalue weighted by Gasteiger charge is -2.37. The fraction of sp³-hybridized carbons (Fsp3) is 0.409. The first kappa shape index (κ1) is 22.2. The van der Waals surface area contributed by atoms with Gasteiger partial charge >= 0.3 is 6.03 Å². The van der Waals surface area contributed by atoms with Crippen LogP contribution in [0.5, 0.6) is 5.75 Å². The lowest BCUT2D eigenvalue weighted by Crippen LogP contribution is -2.45. The number of nitrogens with one attached hydrogen (secondary N) is 1. The van der Waals surface area contributed by atoms with Gasteiger partial charge in [-0.3, -0.25) is 0 Å². The first-order chi connectivity index (χ1) is 14.3. The zero-order chi connectivity index (χ0) is 21.7. The number of urea groups is 1. The van der Waals surface area contributed by atoms with Crippen molar-refractivity contribution in [3.63, 3.8) is 0 Å². The van der Waals surface area contributed by atoms with Gasteiger partial charge in [-0.25, -0.2) is 9.18 Å². The number of rotatable bonds is 6. The summed E-state index contributed by atoms with van der Waals surface area (Å²) in [7, 11) is 1.65. The van der Waals surface area contributed by atoms with E-state index in [1.807, 2.05) is 18.7 Å². The van der Waals surface area contributed by atoms with Gasteiger partial charge in [-0.05, 0) is 50.2 Å². The summed E-state index contributed by atoms with van der Waals surface area (Å²) < 4.78 is 26.0. The van der Waals surface area contributed by atoms with Crippen LogP contribution in [0.3, 0.4) is 0 Å². The molecule has 8 heteroatoms. The molecule has 2 unspecified atom stereocenters. The van der Waals surface area contributed by atoms with Gasteiger partial charge in [0, 0.05) is 30.8 Å². The van der Waals surface area contributed by atoms with Gasteiger partial charge in [0.1, 0.15) is 18.2 Å². The number of hydrogen-bond donors (Lipinski definition) is 1. The molecule has 0 saturated carbocycles. The van der Waals surface area contributed by atoms with Crippen molar-refractivity contribution in [1.82, 2.24) is 4.90 Å². The number of benzene rings is 2. The average molecular weight is 436 g/mol. The molecule has 1 saturated heterocycles. The summed E-state index contributed by atoms with van der Waals surface area (Å²) >= 11 is 5.92. The molecule has 162 valence electrons. The Morgan fingerprint density at radius 2 is 2.00 bits per heavy atom. The second-order valence-electron chi connectivity index (χ2n) is 7.49. The fourth-order valence-corrected chi connectivity index (χ4v) is 3.57. The molecule has 2 aromatic carbocycles. The Labute approximate surface area is 181 Å². The number of ether oxygens (including phenoxy) is 2. The van der Waals surface area contributed by atoms with Crippen LogP contribution >= 0.6 is 11.6 Å². The molecule has 1 fully saturated rings. The van der Waals surface area contributed by atoms with E-state index >= 15 is 0 Å². The molecule has 1 aliphatic rings. The zero-order valence-corrected chi connectivity index (χ0v) is 18.2. The fourth-order valence-electron chi connectivity index (χ4n) is 3.39. The molecule has 30 heavy (non-hydrogen) atoms. The Hall–Kier alpha value is -2.51. The van der Waals surface area contributed by atoms with Crippen LogP contribution in [0.1, 0.15) is 13.8 Å². The van der Waals surface area contributed by atoms with Crippen molar-refractivity contribution in [1.29, 1.82) is 0 Å². The molecule has 0 bridgehead atoms. The summed E-state index contributed by atoms with van der Waals surface area (Å²) in [4.78, 5) is 15.8. The highest BCUT2D eigenvalue weighted by atomic mass is 35.5. The maximum absolute atomic E-state index is 14.7. The normalized spacial score (nSPS) is 18.8. The van der Waals surface area contributed by atoms with Gasteiger partial charge in [0.25, 0.3) is 0 Å². The molecule has 2 aromatic rings. The van der Waals surface area contributed by atoms with Gasteiger partial charge in [0.05, 0.1) is 24.4 Å². The monoisotopic (exact) mass is 435 g/mol. The number of likely N-dealkylation sites (N-methyl/N-ethyl adjacent to an activating group) is 1. The summed E-state index contributed by atoms with van der Waals surface area (Å²) in [6.07, 6.45) is 0.0746. The minimum absolute atomic E-state index is 0.0373. The van der Waals surface area contributed by atoms with Crippen LogP contribution in [-0.2, 0) is 4.74 Å². The number of amides is 2. The average Bonchev–Trinajstić information content (AvgIpc) is 2.67. The van der Waals surface area contributed by atoms with E-state index in [0.29, 0.717) is 48.4 Å². The molecule has 1 N–H and O–H groups in total. The van der Waals surface area contributed by atoms with E-state index in [9.17, 15) is 9.18 Å². The zero-order valence-electron chi connectivity index (χ0n) is 17.4. The van der Waals surface area contributed by atoms with Gasteiger partial charge in [-0.1, -0.05) is 17.7 Å². The molecule has 0 aliphatic carbocycles. The molecule has 3 rings (SSSR count). The van der Waals surface area contributed by atoms with Crippen molar-refractivity contribution in [2.24, 2.45) is 0 Å². The standard InChI is InChI=1S/C22H27ClFN3O3/c1-15-13-27(14-16(2)30-15)21-8-7-18(12-20(21)24)25-22(28)26(3)9-10-29-19-6-4-5-17(23)11-19/h4-8,11-12,15-16H,9-10,13-14H2,1-3H3,(H,25,28). The summed E-state index contributed by atoms with van der Waals surface area (Å²) in [5, 5.41) is 3.30.